The van der Waals surface area contributed by atoms with E-state index < -0.39 is 0 Å². The van der Waals surface area contributed by atoms with Gasteiger partial charge in [0, 0.05) is 16.1 Å². The molecule has 1 saturated carbocycles. The fraction of sp³-hybridized carbons (Fsp3) is 0.500. The molecule has 0 radical (unpaired) electrons. The Hall–Kier alpha value is -0.770. The normalized spacial score (nSPS) is 16.2. The number of rotatable bonds is 6. The van der Waals surface area contributed by atoms with E-state index in [0.717, 1.165) is 24.8 Å². The molecule has 1 unspecified atom stereocenters. The molecule has 1 aromatic rings. The van der Waals surface area contributed by atoms with Crippen molar-refractivity contribution in [3.63, 3.8) is 0 Å². The maximum absolute atomic E-state index is 11.7. The van der Waals surface area contributed by atoms with E-state index in [1.54, 1.807) is 6.07 Å². The van der Waals surface area contributed by atoms with Gasteiger partial charge in [-0.05, 0) is 50.4 Å². The molecule has 1 aliphatic carbocycles. The van der Waals surface area contributed by atoms with E-state index in [2.05, 4.69) is 10.6 Å². The number of hydrogen-bond donors (Lipinski definition) is 2. The van der Waals surface area contributed by atoms with Crippen molar-refractivity contribution in [2.45, 2.75) is 38.3 Å². The number of nitrogens with one attached hydrogen (secondary N) is 2. The third kappa shape index (κ3) is 4.68. The van der Waals surface area contributed by atoms with Gasteiger partial charge in [0.2, 0.25) is 5.91 Å². The molecule has 1 aliphatic rings. The van der Waals surface area contributed by atoms with Crippen molar-refractivity contribution < 1.29 is 4.79 Å². The Labute approximate surface area is 123 Å². The highest BCUT2D eigenvalue weighted by molar-refractivity contribution is 6.35. The van der Waals surface area contributed by atoms with Gasteiger partial charge < -0.3 is 10.6 Å². The Morgan fingerprint density at radius 3 is 2.79 bits per heavy atom. The first kappa shape index (κ1) is 14.6. The second-order valence-electron chi connectivity index (χ2n) is 4.94. The third-order valence-corrected chi connectivity index (χ3v) is 3.76. The first-order chi connectivity index (χ1) is 9.06. The van der Waals surface area contributed by atoms with Crippen LogP contribution in [0.5, 0.6) is 0 Å². The summed E-state index contributed by atoms with van der Waals surface area (Å²) in [5.41, 5.74) is 1.04. The lowest BCUT2D eigenvalue weighted by atomic mass is 10.1. The molecule has 3 nitrogen and oxygen atoms in total. The fourth-order valence-corrected chi connectivity index (χ4v) is 2.30. The van der Waals surface area contributed by atoms with E-state index in [1.165, 1.54) is 0 Å². The second-order valence-corrected chi connectivity index (χ2v) is 5.79. The Kier molecular flexibility index (Phi) is 5.08. The molecule has 1 amide bonds. The summed E-state index contributed by atoms with van der Waals surface area (Å²) in [6.45, 7) is 2.59. The number of halogens is 2. The number of carbonyl (C=O) groups excluding carboxylic acids is 1. The highest BCUT2D eigenvalue weighted by Crippen LogP contribution is 2.21. The van der Waals surface area contributed by atoms with Crippen molar-refractivity contribution in [2.75, 3.05) is 6.54 Å². The molecule has 2 N–H and O–H groups in total. The van der Waals surface area contributed by atoms with Crippen LogP contribution in [0.2, 0.25) is 10.0 Å². The average molecular weight is 301 g/mol. The predicted molar refractivity (Wildman–Crippen MR) is 78.8 cm³/mol. The smallest absolute Gasteiger partial charge is 0.237 e. The molecule has 0 heterocycles. The fourth-order valence-electron chi connectivity index (χ4n) is 1.79. The van der Waals surface area contributed by atoms with Gasteiger partial charge in [0.15, 0.2) is 0 Å². The summed E-state index contributed by atoms with van der Waals surface area (Å²) in [5, 5.41) is 7.49. The maximum Gasteiger partial charge on any atom is 0.237 e. The molecule has 0 aromatic heterocycles. The first-order valence-corrected chi connectivity index (χ1v) is 7.29. The van der Waals surface area contributed by atoms with Crippen LogP contribution in [0.4, 0.5) is 0 Å². The zero-order chi connectivity index (χ0) is 13.8. The SMILES string of the molecule is CC(NCCc1ccc(Cl)cc1Cl)C(=O)NC1CC1. The maximum atomic E-state index is 11.7. The van der Waals surface area contributed by atoms with Crippen LogP contribution in [0.1, 0.15) is 25.3 Å². The Balaban J connectivity index is 1.74. The van der Waals surface area contributed by atoms with Crippen molar-refractivity contribution in [2.24, 2.45) is 0 Å². The molecule has 1 aromatic carbocycles. The van der Waals surface area contributed by atoms with Crippen LogP contribution < -0.4 is 10.6 Å². The minimum Gasteiger partial charge on any atom is -0.352 e. The molecule has 0 aliphatic heterocycles. The van der Waals surface area contributed by atoms with Crippen molar-refractivity contribution in [3.05, 3.63) is 33.8 Å². The van der Waals surface area contributed by atoms with Crippen LogP contribution in [0, 0.1) is 0 Å². The molecule has 0 bridgehead atoms. The largest absolute Gasteiger partial charge is 0.352 e. The van der Waals surface area contributed by atoms with Gasteiger partial charge in [-0.25, -0.2) is 0 Å². The molecular formula is C14H18Cl2N2O. The Morgan fingerprint density at radius 1 is 1.42 bits per heavy atom. The summed E-state index contributed by atoms with van der Waals surface area (Å²) in [6, 6.07) is 5.71. The van der Waals surface area contributed by atoms with Crippen LogP contribution in [0.3, 0.4) is 0 Å². The summed E-state index contributed by atoms with van der Waals surface area (Å²) in [7, 11) is 0. The minimum absolute atomic E-state index is 0.0738. The summed E-state index contributed by atoms with van der Waals surface area (Å²) >= 11 is 11.9. The van der Waals surface area contributed by atoms with Crippen LogP contribution in [-0.4, -0.2) is 24.5 Å². The predicted octanol–water partition coefficient (Wildman–Crippen LogP) is 2.79. The van der Waals surface area contributed by atoms with Gasteiger partial charge in [-0.3, -0.25) is 4.79 Å². The standard InChI is InChI=1S/C14H18Cl2N2O/c1-9(14(19)18-12-4-5-12)17-7-6-10-2-3-11(15)8-13(10)16/h2-3,8-9,12,17H,4-7H2,1H3,(H,18,19). The Morgan fingerprint density at radius 2 is 2.16 bits per heavy atom. The molecule has 1 fully saturated rings. The van der Waals surface area contributed by atoms with Gasteiger partial charge in [0.05, 0.1) is 6.04 Å². The molecule has 0 spiro atoms. The van der Waals surface area contributed by atoms with Gasteiger partial charge in [-0.15, -0.1) is 0 Å². The van der Waals surface area contributed by atoms with Gasteiger partial charge in [0.1, 0.15) is 0 Å². The average Bonchev–Trinajstić information content (AvgIpc) is 3.15. The highest BCUT2D eigenvalue weighted by atomic mass is 35.5. The minimum atomic E-state index is -0.174. The lowest BCUT2D eigenvalue weighted by Gasteiger charge is -2.14. The van der Waals surface area contributed by atoms with Crippen LogP contribution >= 0.6 is 23.2 Å². The third-order valence-electron chi connectivity index (χ3n) is 3.18. The Bertz CT molecular complexity index is 461. The number of carbonyl (C=O) groups is 1. The van der Waals surface area contributed by atoms with E-state index in [-0.39, 0.29) is 11.9 Å². The molecule has 1 atom stereocenters. The summed E-state index contributed by atoms with van der Waals surface area (Å²) in [4.78, 5) is 11.7. The molecule has 104 valence electrons. The summed E-state index contributed by atoms with van der Waals surface area (Å²) in [5.74, 6) is 0.0738. The monoisotopic (exact) mass is 300 g/mol. The van der Waals surface area contributed by atoms with Gasteiger partial charge in [-0.1, -0.05) is 29.3 Å². The van der Waals surface area contributed by atoms with E-state index in [4.69, 9.17) is 23.2 Å². The van der Waals surface area contributed by atoms with Crippen LogP contribution in [0.25, 0.3) is 0 Å². The van der Waals surface area contributed by atoms with Gasteiger partial charge >= 0.3 is 0 Å². The van der Waals surface area contributed by atoms with Crippen molar-refractivity contribution >= 4 is 29.1 Å². The quantitative estimate of drug-likeness (QED) is 0.848. The molecule has 5 heteroatoms. The lowest BCUT2D eigenvalue weighted by Crippen LogP contribution is -2.43. The first-order valence-electron chi connectivity index (χ1n) is 6.54. The van der Waals surface area contributed by atoms with E-state index in [0.29, 0.717) is 22.6 Å². The number of benzene rings is 1. The zero-order valence-corrected chi connectivity index (χ0v) is 12.4. The molecular weight excluding hydrogens is 283 g/mol. The zero-order valence-electron chi connectivity index (χ0n) is 10.9. The lowest BCUT2D eigenvalue weighted by molar-refractivity contribution is -0.122. The topological polar surface area (TPSA) is 41.1 Å². The van der Waals surface area contributed by atoms with E-state index in [1.807, 2.05) is 19.1 Å². The second kappa shape index (κ2) is 6.60. The summed E-state index contributed by atoms with van der Waals surface area (Å²) < 4.78 is 0. The van der Waals surface area contributed by atoms with Crippen LogP contribution in [0.15, 0.2) is 18.2 Å². The number of hydrogen-bond acceptors (Lipinski definition) is 2. The van der Waals surface area contributed by atoms with E-state index >= 15 is 0 Å². The van der Waals surface area contributed by atoms with E-state index in [9.17, 15) is 4.79 Å². The van der Waals surface area contributed by atoms with Crippen molar-refractivity contribution in [3.8, 4) is 0 Å². The molecule has 19 heavy (non-hydrogen) atoms. The number of amides is 1. The molecule has 0 saturated heterocycles. The molecule has 2 rings (SSSR count). The summed E-state index contributed by atoms with van der Waals surface area (Å²) in [6.07, 6.45) is 2.99. The van der Waals surface area contributed by atoms with Crippen LogP contribution in [-0.2, 0) is 11.2 Å². The van der Waals surface area contributed by atoms with Gasteiger partial charge in [-0.2, -0.15) is 0 Å². The van der Waals surface area contributed by atoms with Crippen molar-refractivity contribution in [1.82, 2.24) is 10.6 Å². The van der Waals surface area contributed by atoms with Gasteiger partial charge in [0.25, 0.3) is 0 Å². The van der Waals surface area contributed by atoms with Crippen molar-refractivity contribution in [1.29, 1.82) is 0 Å². The highest BCUT2D eigenvalue weighted by Gasteiger charge is 2.25.